The van der Waals surface area contributed by atoms with Crippen molar-refractivity contribution >= 4 is 22.5 Å². The minimum Gasteiger partial charge on any atom is -0.469 e. The molecule has 2 unspecified atom stereocenters. The fourth-order valence-electron chi connectivity index (χ4n) is 1.51. The van der Waals surface area contributed by atoms with Crippen molar-refractivity contribution in [3.05, 3.63) is 39.9 Å². The maximum atomic E-state index is 11.8. The van der Waals surface area contributed by atoms with Crippen LogP contribution >= 0.6 is 0 Å². The van der Waals surface area contributed by atoms with Crippen LogP contribution in [0, 0.1) is 16.0 Å². The minimum absolute atomic E-state index is 0.00235. The average Bonchev–Trinajstić information content (AvgIpc) is 2.38. The molecule has 7 heteroatoms. The summed E-state index contributed by atoms with van der Waals surface area (Å²) in [6, 6.07) is 5.88. The van der Waals surface area contributed by atoms with E-state index in [1.165, 1.54) is 19.2 Å². The lowest BCUT2D eigenvalue weighted by molar-refractivity contribution is -0.384. The standard InChI is InChI=1S/C12H15NO5S/c1-9(12(14)18-2)7-19(17)8-10-3-5-11(6-4-10)13(15)16/h3-6,9H,7-8H2,1-2H3. The first kappa shape index (κ1) is 15.3. The normalized spacial score (nSPS) is 13.6. The molecule has 0 aliphatic heterocycles. The number of methoxy groups -OCH3 is 1. The van der Waals surface area contributed by atoms with Gasteiger partial charge in [0, 0.05) is 34.4 Å². The zero-order valence-electron chi connectivity index (χ0n) is 10.7. The van der Waals surface area contributed by atoms with Gasteiger partial charge in [-0.3, -0.25) is 19.1 Å². The monoisotopic (exact) mass is 285 g/mol. The van der Waals surface area contributed by atoms with E-state index in [-0.39, 0.29) is 17.2 Å². The Bertz CT molecular complexity index is 485. The molecule has 0 aliphatic rings. The predicted octanol–water partition coefficient (Wildman–Crippen LogP) is 1.65. The summed E-state index contributed by atoms with van der Waals surface area (Å²) in [6.45, 7) is 1.65. The second-order valence-corrected chi connectivity index (χ2v) is 5.60. The van der Waals surface area contributed by atoms with Crippen LogP contribution in [0.1, 0.15) is 12.5 Å². The Kier molecular flexibility index (Phi) is 5.62. The molecule has 19 heavy (non-hydrogen) atoms. The molecule has 0 aromatic heterocycles. The van der Waals surface area contributed by atoms with Gasteiger partial charge in [-0.2, -0.15) is 0 Å². The number of carbonyl (C=O) groups is 1. The van der Waals surface area contributed by atoms with Gasteiger partial charge in [0.05, 0.1) is 18.0 Å². The Morgan fingerprint density at radius 3 is 2.47 bits per heavy atom. The van der Waals surface area contributed by atoms with Gasteiger partial charge in [-0.1, -0.05) is 19.1 Å². The Morgan fingerprint density at radius 1 is 1.42 bits per heavy atom. The van der Waals surface area contributed by atoms with Gasteiger partial charge in [0.25, 0.3) is 5.69 Å². The summed E-state index contributed by atoms with van der Waals surface area (Å²) in [6.07, 6.45) is 0. The van der Waals surface area contributed by atoms with Crippen molar-refractivity contribution in [3.63, 3.8) is 0 Å². The molecule has 2 atom stereocenters. The van der Waals surface area contributed by atoms with Gasteiger partial charge in [0.2, 0.25) is 0 Å². The summed E-state index contributed by atoms with van der Waals surface area (Å²) < 4.78 is 16.4. The molecule has 1 rings (SSSR count). The molecule has 0 radical (unpaired) electrons. The molecule has 0 aliphatic carbocycles. The van der Waals surface area contributed by atoms with Gasteiger partial charge in [-0.15, -0.1) is 0 Å². The summed E-state index contributed by atoms with van der Waals surface area (Å²) >= 11 is 0. The zero-order chi connectivity index (χ0) is 14.4. The fraction of sp³-hybridized carbons (Fsp3) is 0.417. The van der Waals surface area contributed by atoms with E-state index in [2.05, 4.69) is 4.74 Å². The number of benzene rings is 1. The Balaban J connectivity index is 2.57. The molecule has 1 aromatic carbocycles. The van der Waals surface area contributed by atoms with Gasteiger partial charge < -0.3 is 4.74 Å². The fourth-order valence-corrected chi connectivity index (χ4v) is 2.88. The first-order chi connectivity index (χ1) is 8.93. The topological polar surface area (TPSA) is 86.5 Å². The number of nitro benzene ring substituents is 1. The van der Waals surface area contributed by atoms with Crippen molar-refractivity contribution in [3.8, 4) is 0 Å². The third kappa shape index (κ3) is 4.78. The highest BCUT2D eigenvalue weighted by Crippen LogP contribution is 2.14. The molecule has 0 N–H and O–H groups in total. The molecule has 0 spiro atoms. The molecule has 0 fully saturated rings. The van der Waals surface area contributed by atoms with Crippen molar-refractivity contribution in [1.29, 1.82) is 0 Å². The quantitative estimate of drug-likeness (QED) is 0.450. The van der Waals surface area contributed by atoms with E-state index in [9.17, 15) is 19.1 Å². The lowest BCUT2D eigenvalue weighted by Gasteiger charge is -2.08. The summed E-state index contributed by atoms with van der Waals surface area (Å²) in [5.74, 6) is -0.343. The molecule has 104 valence electrons. The van der Waals surface area contributed by atoms with Crippen LogP contribution in [-0.4, -0.2) is 28.0 Å². The van der Waals surface area contributed by atoms with Gasteiger partial charge in [-0.25, -0.2) is 0 Å². The molecule has 0 saturated heterocycles. The van der Waals surface area contributed by atoms with Crippen molar-refractivity contribution in [2.24, 2.45) is 5.92 Å². The van der Waals surface area contributed by atoms with Gasteiger partial charge in [0.15, 0.2) is 0 Å². The maximum Gasteiger partial charge on any atom is 0.309 e. The van der Waals surface area contributed by atoms with Crippen LogP contribution < -0.4 is 0 Å². The number of hydrogen-bond acceptors (Lipinski definition) is 5. The second-order valence-electron chi connectivity index (χ2n) is 4.10. The lowest BCUT2D eigenvalue weighted by Crippen LogP contribution is -2.20. The molecule has 6 nitrogen and oxygen atoms in total. The molecule has 0 saturated carbocycles. The smallest absolute Gasteiger partial charge is 0.309 e. The number of nitrogens with zero attached hydrogens (tertiary/aromatic N) is 1. The van der Waals surface area contributed by atoms with E-state index in [1.807, 2.05) is 0 Å². The first-order valence-corrected chi connectivity index (χ1v) is 7.09. The third-order valence-electron chi connectivity index (χ3n) is 2.51. The molecular weight excluding hydrogens is 270 g/mol. The summed E-state index contributed by atoms with van der Waals surface area (Å²) in [5.41, 5.74) is 0.735. The molecular formula is C12H15NO5S. The summed E-state index contributed by atoms with van der Waals surface area (Å²) in [5, 5.41) is 10.5. The van der Waals surface area contributed by atoms with Crippen molar-refractivity contribution in [2.45, 2.75) is 12.7 Å². The molecule has 1 aromatic rings. The minimum atomic E-state index is -1.21. The Labute approximate surface area is 113 Å². The molecule has 0 heterocycles. The van der Waals surface area contributed by atoms with Crippen LogP contribution in [0.4, 0.5) is 5.69 Å². The summed E-state index contributed by atoms with van der Waals surface area (Å²) in [4.78, 5) is 21.2. The van der Waals surface area contributed by atoms with Crippen molar-refractivity contribution < 1.29 is 18.7 Å². The highest BCUT2D eigenvalue weighted by Gasteiger charge is 2.16. The number of rotatable bonds is 6. The Morgan fingerprint density at radius 2 is 2.00 bits per heavy atom. The molecule has 0 bridgehead atoms. The zero-order valence-corrected chi connectivity index (χ0v) is 11.5. The van der Waals surface area contributed by atoms with Gasteiger partial charge in [-0.05, 0) is 5.56 Å². The third-order valence-corrected chi connectivity index (χ3v) is 4.04. The van der Waals surface area contributed by atoms with Gasteiger partial charge in [0.1, 0.15) is 0 Å². The van der Waals surface area contributed by atoms with Crippen LogP contribution in [0.15, 0.2) is 24.3 Å². The average molecular weight is 285 g/mol. The number of non-ortho nitro benzene ring substituents is 1. The largest absolute Gasteiger partial charge is 0.469 e. The van der Waals surface area contributed by atoms with E-state index in [1.54, 1.807) is 19.1 Å². The SMILES string of the molecule is COC(=O)C(C)CS(=O)Cc1ccc([N+](=O)[O-])cc1. The first-order valence-electron chi connectivity index (χ1n) is 5.60. The van der Waals surface area contributed by atoms with Crippen LogP contribution in [-0.2, 0) is 26.1 Å². The van der Waals surface area contributed by atoms with Crippen molar-refractivity contribution in [2.75, 3.05) is 12.9 Å². The highest BCUT2D eigenvalue weighted by atomic mass is 32.2. The number of carbonyl (C=O) groups excluding carboxylic acids is 1. The van der Waals surface area contributed by atoms with Crippen LogP contribution in [0.5, 0.6) is 0 Å². The number of esters is 1. The highest BCUT2D eigenvalue weighted by molar-refractivity contribution is 7.84. The Hall–Kier alpha value is -1.76. The number of nitro groups is 1. The van der Waals surface area contributed by atoms with E-state index in [0.29, 0.717) is 0 Å². The molecule has 0 amide bonds. The predicted molar refractivity (Wildman–Crippen MR) is 71.0 cm³/mol. The van der Waals surface area contributed by atoms with E-state index >= 15 is 0 Å². The second kappa shape index (κ2) is 6.98. The van der Waals surface area contributed by atoms with Gasteiger partial charge >= 0.3 is 5.97 Å². The van der Waals surface area contributed by atoms with E-state index in [4.69, 9.17) is 0 Å². The summed E-state index contributed by atoms with van der Waals surface area (Å²) in [7, 11) is 0.0785. The number of ether oxygens (including phenoxy) is 1. The van der Waals surface area contributed by atoms with Crippen LogP contribution in [0.25, 0.3) is 0 Å². The van der Waals surface area contributed by atoms with Crippen molar-refractivity contribution in [1.82, 2.24) is 0 Å². The van der Waals surface area contributed by atoms with Crippen LogP contribution in [0.2, 0.25) is 0 Å². The number of hydrogen-bond donors (Lipinski definition) is 0. The van der Waals surface area contributed by atoms with Crippen LogP contribution in [0.3, 0.4) is 0 Å². The van der Waals surface area contributed by atoms with E-state index < -0.39 is 27.6 Å². The van der Waals surface area contributed by atoms with E-state index in [0.717, 1.165) is 5.56 Å². The maximum absolute atomic E-state index is 11.8. The lowest BCUT2D eigenvalue weighted by atomic mass is 10.2.